The van der Waals surface area contributed by atoms with Crippen LogP contribution >= 0.6 is 0 Å². The average molecular weight is 258 g/mol. The molecule has 3 rings (SSSR count). The number of para-hydroxylation sites is 1. The lowest BCUT2D eigenvalue weighted by molar-refractivity contribution is -0.133. The summed E-state index contributed by atoms with van der Waals surface area (Å²) in [5.41, 5.74) is 2.49. The van der Waals surface area contributed by atoms with Gasteiger partial charge in [0, 0.05) is 24.7 Å². The number of carbonyl (C=O) groups excluding carboxylic acids is 1. The van der Waals surface area contributed by atoms with Crippen LogP contribution in [-0.4, -0.2) is 23.4 Å². The van der Waals surface area contributed by atoms with Gasteiger partial charge in [-0.05, 0) is 37.8 Å². The lowest BCUT2D eigenvalue weighted by atomic mass is 9.92. The standard InChI is InChI=1S/C16H22N2O/c1-12-11-15(13-7-4-5-8-14(13)17-12)18-10-6-2-3-9-16(18)19/h4-5,7-8,12,15,17H,2-3,6,9-11H2,1H3/t12-,15+/m1/s1. The Bertz CT molecular complexity index is 472. The van der Waals surface area contributed by atoms with Gasteiger partial charge in [-0.25, -0.2) is 0 Å². The SMILES string of the molecule is C[C@@H]1C[C@H](N2CCCCCC2=O)c2ccccc2N1. The van der Waals surface area contributed by atoms with Crippen LogP contribution in [0.4, 0.5) is 5.69 Å². The molecule has 2 heterocycles. The molecule has 1 aromatic carbocycles. The van der Waals surface area contributed by atoms with E-state index in [-0.39, 0.29) is 6.04 Å². The molecule has 0 aromatic heterocycles. The summed E-state index contributed by atoms with van der Waals surface area (Å²) >= 11 is 0. The second kappa shape index (κ2) is 5.24. The number of benzene rings is 1. The first-order valence-corrected chi connectivity index (χ1v) is 7.40. The quantitative estimate of drug-likeness (QED) is 0.838. The van der Waals surface area contributed by atoms with Crippen molar-refractivity contribution in [3.05, 3.63) is 29.8 Å². The van der Waals surface area contributed by atoms with Crippen molar-refractivity contribution in [3.63, 3.8) is 0 Å². The molecule has 0 bridgehead atoms. The Morgan fingerprint density at radius 1 is 1.21 bits per heavy atom. The molecule has 1 fully saturated rings. The van der Waals surface area contributed by atoms with Crippen LogP contribution in [0.25, 0.3) is 0 Å². The van der Waals surface area contributed by atoms with E-state index in [4.69, 9.17) is 0 Å². The highest BCUT2D eigenvalue weighted by Crippen LogP contribution is 2.37. The van der Waals surface area contributed by atoms with Crippen LogP contribution in [0.15, 0.2) is 24.3 Å². The molecule has 0 saturated carbocycles. The molecular formula is C16H22N2O. The molecule has 102 valence electrons. The zero-order chi connectivity index (χ0) is 13.2. The van der Waals surface area contributed by atoms with Crippen LogP contribution in [0.3, 0.4) is 0 Å². The maximum atomic E-state index is 12.3. The second-order valence-electron chi connectivity index (χ2n) is 5.78. The average Bonchev–Trinajstić information content (AvgIpc) is 2.62. The van der Waals surface area contributed by atoms with Gasteiger partial charge in [-0.3, -0.25) is 4.79 Å². The summed E-state index contributed by atoms with van der Waals surface area (Å²) in [5.74, 6) is 0.339. The molecule has 3 nitrogen and oxygen atoms in total. The fourth-order valence-electron chi connectivity index (χ4n) is 3.33. The molecule has 1 aromatic rings. The molecule has 1 amide bonds. The maximum absolute atomic E-state index is 12.3. The highest BCUT2D eigenvalue weighted by Gasteiger charge is 2.31. The van der Waals surface area contributed by atoms with E-state index in [2.05, 4.69) is 41.4 Å². The van der Waals surface area contributed by atoms with Gasteiger partial charge in [-0.1, -0.05) is 24.6 Å². The van der Waals surface area contributed by atoms with Crippen molar-refractivity contribution >= 4 is 11.6 Å². The first kappa shape index (κ1) is 12.5. The molecule has 0 aliphatic carbocycles. The van der Waals surface area contributed by atoms with Crippen LogP contribution in [0.1, 0.15) is 50.6 Å². The van der Waals surface area contributed by atoms with E-state index < -0.39 is 0 Å². The molecule has 2 atom stereocenters. The van der Waals surface area contributed by atoms with Gasteiger partial charge in [0.1, 0.15) is 0 Å². The minimum Gasteiger partial charge on any atom is -0.382 e. The summed E-state index contributed by atoms with van der Waals surface area (Å²) in [6.45, 7) is 3.12. The molecule has 19 heavy (non-hydrogen) atoms. The number of amides is 1. The van der Waals surface area contributed by atoms with Crippen molar-refractivity contribution < 1.29 is 4.79 Å². The molecule has 1 saturated heterocycles. The number of fused-ring (bicyclic) bond motifs is 1. The molecular weight excluding hydrogens is 236 g/mol. The van der Waals surface area contributed by atoms with Crippen molar-refractivity contribution in [1.82, 2.24) is 4.90 Å². The van der Waals surface area contributed by atoms with Gasteiger partial charge in [-0.15, -0.1) is 0 Å². The molecule has 2 aliphatic rings. The Kier molecular flexibility index (Phi) is 3.45. The van der Waals surface area contributed by atoms with Crippen molar-refractivity contribution in [3.8, 4) is 0 Å². The van der Waals surface area contributed by atoms with Gasteiger partial charge < -0.3 is 10.2 Å². The number of anilines is 1. The normalized spacial score (nSPS) is 27.4. The predicted octanol–water partition coefficient (Wildman–Crippen LogP) is 3.33. The lowest BCUT2D eigenvalue weighted by Gasteiger charge is -2.38. The number of carbonyl (C=O) groups is 1. The van der Waals surface area contributed by atoms with E-state index in [9.17, 15) is 4.79 Å². The Labute approximate surface area is 115 Å². The van der Waals surface area contributed by atoms with Crippen molar-refractivity contribution in [2.24, 2.45) is 0 Å². The number of likely N-dealkylation sites (tertiary alicyclic amines) is 1. The van der Waals surface area contributed by atoms with Crippen molar-refractivity contribution in [2.45, 2.75) is 51.1 Å². The molecule has 0 unspecified atom stereocenters. The van der Waals surface area contributed by atoms with E-state index in [1.165, 1.54) is 17.7 Å². The van der Waals surface area contributed by atoms with E-state index in [1.807, 2.05) is 0 Å². The number of nitrogens with zero attached hydrogens (tertiary/aromatic N) is 1. The number of nitrogens with one attached hydrogen (secondary N) is 1. The van der Waals surface area contributed by atoms with E-state index in [0.717, 1.165) is 32.2 Å². The fourth-order valence-corrected chi connectivity index (χ4v) is 3.33. The minimum atomic E-state index is 0.262. The number of rotatable bonds is 1. The molecule has 3 heteroatoms. The molecule has 2 aliphatic heterocycles. The third-order valence-corrected chi connectivity index (χ3v) is 4.28. The van der Waals surface area contributed by atoms with E-state index in [1.54, 1.807) is 0 Å². The Balaban J connectivity index is 1.93. The first-order chi connectivity index (χ1) is 9.25. The van der Waals surface area contributed by atoms with Gasteiger partial charge in [0.15, 0.2) is 0 Å². The third-order valence-electron chi connectivity index (χ3n) is 4.28. The second-order valence-corrected chi connectivity index (χ2v) is 5.78. The molecule has 0 spiro atoms. The summed E-state index contributed by atoms with van der Waals surface area (Å²) in [6.07, 6.45) is 5.12. The third kappa shape index (κ3) is 2.46. The van der Waals surface area contributed by atoms with Gasteiger partial charge in [0.25, 0.3) is 0 Å². The summed E-state index contributed by atoms with van der Waals surface area (Å²) in [6, 6.07) is 9.11. The first-order valence-electron chi connectivity index (χ1n) is 7.40. The summed E-state index contributed by atoms with van der Waals surface area (Å²) < 4.78 is 0. The molecule has 0 radical (unpaired) electrons. The van der Waals surface area contributed by atoms with Gasteiger partial charge in [0.05, 0.1) is 6.04 Å². The monoisotopic (exact) mass is 258 g/mol. The summed E-state index contributed by atoms with van der Waals surface area (Å²) in [4.78, 5) is 14.5. The number of hydrogen-bond acceptors (Lipinski definition) is 2. The van der Waals surface area contributed by atoms with Crippen LogP contribution in [0.5, 0.6) is 0 Å². The van der Waals surface area contributed by atoms with Crippen molar-refractivity contribution in [1.29, 1.82) is 0 Å². The maximum Gasteiger partial charge on any atom is 0.223 e. The van der Waals surface area contributed by atoms with E-state index >= 15 is 0 Å². The summed E-state index contributed by atoms with van der Waals surface area (Å²) in [5, 5.41) is 3.52. The molecule has 1 N–H and O–H groups in total. The highest BCUT2D eigenvalue weighted by atomic mass is 16.2. The zero-order valence-corrected chi connectivity index (χ0v) is 11.6. The van der Waals surface area contributed by atoms with Crippen LogP contribution in [-0.2, 0) is 4.79 Å². The van der Waals surface area contributed by atoms with Gasteiger partial charge in [-0.2, -0.15) is 0 Å². The fraction of sp³-hybridized carbons (Fsp3) is 0.562. The lowest BCUT2D eigenvalue weighted by Crippen LogP contribution is -2.39. The Hall–Kier alpha value is -1.51. The minimum absolute atomic E-state index is 0.262. The van der Waals surface area contributed by atoms with E-state index in [0.29, 0.717) is 11.9 Å². The van der Waals surface area contributed by atoms with Crippen LogP contribution in [0, 0.1) is 0 Å². The van der Waals surface area contributed by atoms with Gasteiger partial charge >= 0.3 is 0 Å². The topological polar surface area (TPSA) is 32.3 Å². The Morgan fingerprint density at radius 2 is 2.05 bits per heavy atom. The smallest absolute Gasteiger partial charge is 0.223 e. The Morgan fingerprint density at radius 3 is 2.95 bits per heavy atom. The number of hydrogen-bond donors (Lipinski definition) is 1. The largest absolute Gasteiger partial charge is 0.382 e. The van der Waals surface area contributed by atoms with Gasteiger partial charge in [0.2, 0.25) is 5.91 Å². The predicted molar refractivity (Wildman–Crippen MR) is 77.1 cm³/mol. The van der Waals surface area contributed by atoms with Crippen LogP contribution in [0.2, 0.25) is 0 Å². The highest BCUT2D eigenvalue weighted by molar-refractivity contribution is 5.77. The van der Waals surface area contributed by atoms with Crippen LogP contribution < -0.4 is 5.32 Å². The van der Waals surface area contributed by atoms with Crippen molar-refractivity contribution in [2.75, 3.05) is 11.9 Å². The zero-order valence-electron chi connectivity index (χ0n) is 11.6. The summed E-state index contributed by atoms with van der Waals surface area (Å²) in [7, 11) is 0.